The Morgan fingerprint density at radius 2 is 2.05 bits per heavy atom. The molecule has 112 valence electrons. The highest BCUT2D eigenvalue weighted by atomic mass is 35.5. The third kappa shape index (κ3) is 5.02. The number of benzene rings is 1. The lowest BCUT2D eigenvalue weighted by Crippen LogP contribution is -2.41. The van der Waals surface area contributed by atoms with Crippen LogP contribution in [0.4, 0.5) is 5.69 Å². The van der Waals surface area contributed by atoms with Crippen molar-refractivity contribution in [2.75, 3.05) is 26.4 Å². The van der Waals surface area contributed by atoms with Gasteiger partial charge >= 0.3 is 0 Å². The highest BCUT2D eigenvalue weighted by Gasteiger charge is 2.16. The SMILES string of the molecule is CC(C)CC(CNC(=O)c1ccc(Cl)cc1N)N(C)C. The quantitative estimate of drug-likeness (QED) is 0.794. The number of anilines is 1. The van der Waals surface area contributed by atoms with Gasteiger partial charge in [-0.05, 0) is 44.6 Å². The molecule has 20 heavy (non-hydrogen) atoms. The van der Waals surface area contributed by atoms with E-state index < -0.39 is 0 Å². The van der Waals surface area contributed by atoms with Crippen LogP contribution in [0.5, 0.6) is 0 Å². The molecule has 1 unspecified atom stereocenters. The minimum Gasteiger partial charge on any atom is -0.398 e. The summed E-state index contributed by atoms with van der Waals surface area (Å²) in [7, 11) is 4.05. The lowest BCUT2D eigenvalue weighted by atomic mass is 10.0. The molecule has 1 rings (SSSR count). The summed E-state index contributed by atoms with van der Waals surface area (Å²) in [4.78, 5) is 14.3. The van der Waals surface area contributed by atoms with Crippen molar-refractivity contribution in [3.63, 3.8) is 0 Å². The van der Waals surface area contributed by atoms with Crippen LogP contribution in [0.3, 0.4) is 0 Å². The molecule has 0 aliphatic heterocycles. The molecule has 1 amide bonds. The van der Waals surface area contributed by atoms with Crippen LogP contribution in [-0.4, -0.2) is 37.5 Å². The van der Waals surface area contributed by atoms with E-state index >= 15 is 0 Å². The first-order valence-corrected chi connectivity index (χ1v) is 7.18. The maximum absolute atomic E-state index is 12.1. The maximum Gasteiger partial charge on any atom is 0.253 e. The Kier molecular flexibility index (Phi) is 6.30. The topological polar surface area (TPSA) is 58.4 Å². The average molecular weight is 298 g/mol. The van der Waals surface area contributed by atoms with Gasteiger partial charge in [0.1, 0.15) is 0 Å². The van der Waals surface area contributed by atoms with E-state index in [2.05, 4.69) is 24.1 Å². The fraction of sp³-hybridized carbons (Fsp3) is 0.533. The molecule has 0 aliphatic rings. The Labute approximate surface area is 126 Å². The average Bonchev–Trinajstić information content (AvgIpc) is 2.33. The van der Waals surface area contributed by atoms with Crippen molar-refractivity contribution in [3.05, 3.63) is 28.8 Å². The number of amides is 1. The van der Waals surface area contributed by atoms with Crippen LogP contribution in [-0.2, 0) is 0 Å². The number of rotatable bonds is 6. The highest BCUT2D eigenvalue weighted by molar-refractivity contribution is 6.31. The Bertz CT molecular complexity index is 460. The van der Waals surface area contributed by atoms with Crippen molar-refractivity contribution < 1.29 is 4.79 Å². The number of nitrogens with zero attached hydrogens (tertiary/aromatic N) is 1. The van der Waals surface area contributed by atoms with E-state index in [1.54, 1.807) is 18.2 Å². The van der Waals surface area contributed by atoms with Gasteiger partial charge in [-0.25, -0.2) is 0 Å². The first-order chi connectivity index (χ1) is 9.31. The number of carbonyl (C=O) groups excluding carboxylic acids is 1. The van der Waals surface area contributed by atoms with Crippen molar-refractivity contribution in [1.82, 2.24) is 10.2 Å². The van der Waals surface area contributed by atoms with Gasteiger partial charge in [0.15, 0.2) is 0 Å². The summed E-state index contributed by atoms with van der Waals surface area (Å²) in [5, 5.41) is 3.47. The van der Waals surface area contributed by atoms with Gasteiger partial charge in [-0.15, -0.1) is 0 Å². The van der Waals surface area contributed by atoms with Crippen molar-refractivity contribution in [2.24, 2.45) is 5.92 Å². The molecule has 3 N–H and O–H groups in total. The van der Waals surface area contributed by atoms with Crippen LogP contribution in [0.15, 0.2) is 18.2 Å². The molecule has 0 saturated carbocycles. The van der Waals surface area contributed by atoms with Gasteiger partial charge in [0.2, 0.25) is 0 Å². The molecule has 5 heteroatoms. The van der Waals surface area contributed by atoms with Crippen LogP contribution in [0.2, 0.25) is 5.02 Å². The van der Waals surface area contributed by atoms with E-state index in [-0.39, 0.29) is 5.91 Å². The first kappa shape index (κ1) is 16.8. The summed E-state index contributed by atoms with van der Waals surface area (Å²) >= 11 is 5.83. The number of hydrogen-bond donors (Lipinski definition) is 2. The summed E-state index contributed by atoms with van der Waals surface area (Å²) in [5.74, 6) is 0.426. The third-order valence-corrected chi connectivity index (χ3v) is 3.47. The van der Waals surface area contributed by atoms with Crippen molar-refractivity contribution >= 4 is 23.2 Å². The normalized spacial score (nSPS) is 12.8. The number of nitrogen functional groups attached to an aromatic ring is 1. The zero-order chi connectivity index (χ0) is 15.3. The summed E-state index contributed by atoms with van der Waals surface area (Å²) < 4.78 is 0. The van der Waals surface area contributed by atoms with Crippen LogP contribution in [0, 0.1) is 5.92 Å². The molecule has 0 spiro atoms. The number of halogens is 1. The fourth-order valence-electron chi connectivity index (χ4n) is 2.07. The number of nitrogens with one attached hydrogen (secondary N) is 1. The van der Waals surface area contributed by atoms with E-state index in [1.807, 2.05) is 14.1 Å². The molecule has 1 atom stereocenters. The molecular weight excluding hydrogens is 274 g/mol. The van der Waals surface area contributed by atoms with Gasteiger partial charge in [-0.3, -0.25) is 4.79 Å². The Morgan fingerprint density at radius 3 is 2.55 bits per heavy atom. The van der Waals surface area contributed by atoms with Gasteiger partial charge in [-0.1, -0.05) is 25.4 Å². The monoisotopic (exact) mass is 297 g/mol. The van der Waals surface area contributed by atoms with Crippen molar-refractivity contribution in [1.29, 1.82) is 0 Å². The molecule has 1 aromatic rings. The van der Waals surface area contributed by atoms with Gasteiger partial charge in [-0.2, -0.15) is 0 Å². The van der Waals surface area contributed by atoms with E-state index in [1.165, 1.54) is 0 Å². The van der Waals surface area contributed by atoms with Crippen LogP contribution in [0.25, 0.3) is 0 Å². The highest BCUT2D eigenvalue weighted by Crippen LogP contribution is 2.18. The van der Waals surface area contributed by atoms with E-state index in [0.29, 0.717) is 34.8 Å². The minimum atomic E-state index is -0.158. The first-order valence-electron chi connectivity index (χ1n) is 6.81. The smallest absolute Gasteiger partial charge is 0.253 e. The molecule has 0 aliphatic carbocycles. The zero-order valence-corrected chi connectivity index (χ0v) is 13.4. The summed E-state index contributed by atoms with van der Waals surface area (Å²) in [6.45, 7) is 4.96. The standard InChI is InChI=1S/C15H24ClN3O/c1-10(2)7-12(19(3)4)9-18-15(20)13-6-5-11(16)8-14(13)17/h5-6,8,10,12H,7,9,17H2,1-4H3,(H,18,20). The molecule has 1 aromatic carbocycles. The predicted octanol–water partition coefficient (Wildman–Crippen LogP) is 2.63. The zero-order valence-electron chi connectivity index (χ0n) is 12.6. The molecular formula is C15H24ClN3O. The second kappa shape index (κ2) is 7.50. The molecule has 0 radical (unpaired) electrons. The number of carbonyl (C=O) groups is 1. The number of likely N-dealkylation sites (N-methyl/N-ethyl adjacent to an activating group) is 1. The predicted molar refractivity (Wildman–Crippen MR) is 85.1 cm³/mol. The second-order valence-electron chi connectivity index (χ2n) is 5.69. The Balaban J connectivity index is 2.65. The summed E-state index contributed by atoms with van der Waals surface area (Å²) in [5.41, 5.74) is 6.69. The van der Waals surface area contributed by atoms with Crippen LogP contribution >= 0.6 is 11.6 Å². The molecule has 4 nitrogen and oxygen atoms in total. The number of hydrogen-bond acceptors (Lipinski definition) is 3. The molecule has 0 fully saturated rings. The van der Waals surface area contributed by atoms with Crippen molar-refractivity contribution in [2.45, 2.75) is 26.3 Å². The third-order valence-electron chi connectivity index (χ3n) is 3.23. The minimum absolute atomic E-state index is 0.158. The molecule has 0 saturated heterocycles. The summed E-state index contributed by atoms with van der Waals surface area (Å²) in [6.07, 6.45) is 1.03. The number of nitrogens with two attached hydrogens (primary N) is 1. The van der Waals surface area contributed by atoms with E-state index in [0.717, 1.165) is 6.42 Å². The van der Waals surface area contributed by atoms with Gasteiger partial charge in [0.05, 0.1) is 5.56 Å². The molecule has 0 bridgehead atoms. The maximum atomic E-state index is 12.1. The van der Waals surface area contributed by atoms with Crippen LogP contribution in [0.1, 0.15) is 30.6 Å². The van der Waals surface area contributed by atoms with Gasteiger partial charge < -0.3 is 16.0 Å². The fourth-order valence-corrected chi connectivity index (χ4v) is 2.25. The van der Waals surface area contributed by atoms with Crippen LogP contribution < -0.4 is 11.1 Å². The van der Waals surface area contributed by atoms with Crippen molar-refractivity contribution in [3.8, 4) is 0 Å². The van der Waals surface area contributed by atoms with E-state index in [4.69, 9.17) is 17.3 Å². The molecule has 0 aromatic heterocycles. The molecule has 0 heterocycles. The Morgan fingerprint density at radius 1 is 1.40 bits per heavy atom. The summed E-state index contributed by atoms with van der Waals surface area (Å²) in [6, 6.07) is 5.23. The van der Waals surface area contributed by atoms with Gasteiger partial charge in [0.25, 0.3) is 5.91 Å². The lowest BCUT2D eigenvalue weighted by molar-refractivity contribution is 0.0939. The lowest BCUT2D eigenvalue weighted by Gasteiger charge is -2.26. The Hall–Kier alpha value is -1.26. The van der Waals surface area contributed by atoms with Gasteiger partial charge in [0, 0.05) is 23.3 Å². The largest absolute Gasteiger partial charge is 0.398 e. The van der Waals surface area contributed by atoms with E-state index in [9.17, 15) is 4.79 Å². The second-order valence-corrected chi connectivity index (χ2v) is 6.13.